The first-order chi connectivity index (χ1) is 13.8. The third kappa shape index (κ3) is 4.83. The van der Waals surface area contributed by atoms with Crippen molar-refractivity contribution < 1.29 is 13.9 Å². The van der Waals surface area contributed by atoms with Crippen molar-refractivity contribution >= 4 is 29.3 Å². The van der Waals surface area contributed by atoms with Crippen molar-refractivity contribution in [2.75, 3.05) is 27.7 Å². The molecule has 1 N–H and O–H groups in total. The van der Waals surface area contributed by atoms with E-state index >= 15 is 0 Å². The minimum absolute atomic E-state index is 0. The minimum atomic E-state index is -0.426. The number of hydrogen-bond donors (Lipinski definition) is 1. The number of aryl methyl sites for hydroxylation is 2. The summed E-state index contributed by atoms with van der Waals surface area (Å²) in [5.41, 5.74) is 2.98. The zero-order chi connectivity index (χ0) is 21.1. The molecule has 1 aromatic heterocycles. The normalized spacial score (nSPS) is 11.8. The molecule has 1 heterocycles. The van der Waals surface area contributed by atoms with Gasteiger partial charge in [-0.25, -0.2) is 0 Å². The number of methoxy groups -OCH3 is 1. The van der Waals surface area contributed by atoms with E-state index in [4.69, 9.17) is 9.15 Å². The van der Waals surface area contributed by atoms with E-state index in [1.165, 1.54) is 6.07 Å². The summed E-state index contributed by atoms with van der Waals surface area (Å²) in [6.07, 6.45) is 0. The number of nitrogens with zero attached hydrogens (tertiary/aromatic N) is 1. The lowest BCUT2D eigenvalue weighted by molar-refractivity contribution is 0.0914. The van der Waals surface area contributed by atoms with Crippen LogP contribution in [0.5, 0.6) is 5.75 Å². The largest absolute Gasteiger partial charge is 0.496 e. The van der Waals surface area contributed by atoms with Crippen molar-refractivity contribution in [3.05, 3.63) is 75.1 Å². The number of carbonyl (C=O) groups excluding carboxylic acids is 1. The van der Waals surface area contributed by atoms with Crippen LogP contribution >= 0.6 is 12.4 Å². The predicted octanol–water partition coefficient (Wildman–Crippen LogP) is 3.87. The highest BCUT2D eigenvalue weighted by atomic mass is 35.5. The van der Waals surface area contributed by atoms with Crippen LogP contribution in [0, 0.1) is 13.8 Å². The summed E-state index contributed by atoms with van der Waals surface area (Å²) in [5.74, 6) is 0.332. The molecule has 3 rings (SSSR count). The number of carbonyl (C=O) groups is 1. The molecule has 1 unspecified atom stereocenters. The Morgan fingerprint density at radius 3 is 2.53 bits per heavy atom. The first-order valence-corrected chi connectivity index (χ1v) is 9.44. The van der Waals surface area contributed by atoms with Crippen LogP contribution in [0.1, 0.15) is 33.3 Å². The van der Waals surface area contributed by atoms with E-state index in [0.29, 0.717) is 17.5 Å². The Morgan fingerprint density at radius 2 is 1.87 bits per heavy atom. The molecule has 160 valence electrons. The van der Waals surface area contributed by atoms with Gasteiger partial charge in [-0.3, -0.25) is 9.59 Å². The second-order valence-corrected chi connectivity index (χ2v) is 7.36. The second kappa shape index (κ2) is 9.78. The van der Waals surface area contributed by atoms with E-state index in [9.17, 15) is 9.59 Å². The van der Waals surface area contributed by atoms with Crippen molar-refractivity contribution in [1.29, 1.82) is 0 Å². The maximum absolute atomic E-state index is 12.7. The number of likely N-dealkylation sites (N-methyl/N-ethyl adjacent to an activating group) is 1. The van der Waals surface area contributed by atoms with Crippen LogP contribution in [0.15, 0.2) is 51.7 Å². The summed E-state index contributed by atoms with van der Waals surface area (Å²) in [7, 11) is 5.49. The average molecular weight is 431 g/mol. The van der Waals surface area contributed by atoms with E-state index < -0.39 is 5.91 Å². The molecule has 0 radical (unpaired) electrons. The number of benzene rings is 2. The van der Waals surface area contributed by atoms with Gasteiger partial charge in [-0.05, 0) is 51.2 Å². The van der Waals surface area contributed by atoms with Crippen LogP contribution in [0.4, 0.5) is 0 Å². The van der Waals surface area contributed by atoms with Gasteiger partial charge in [-0.15, -0.1) is 12.4 Å². The van der Waals surface area contributed by atoms with E-state index in [1.54, 1.807) is 13.2 Å². The van der Waals surface area contributed by atoms with Gasteiger partial charge in [0.15, 0.2) is 11.2 Å². The number of halogens is 1. The van der Waals surface area contributed by atoms with Crippen molar-refractivity contribution in [2.45, 2.75) is 19.9 Å². The second-order valence-electron chi connectivity index (χ2n) is 7.36. The van der Waals surface area contributed by atoms with E-state index in [1.807, 2.05) is 63.2 Å². The summed E-state index contributed by atoms with van der Waals surface area (Å²) in [6, 6.07) is 12.6. The Kier molecular flexibility index (Phi) is 7.65. The van der Waals surface area contributed by atoms with Crippen molar-refractivity contribution in [2.24, 2.45) is 0 Å². The molecule has 30 heavy (non-hydrogen) atoms. The van der Waals surface area contributed by atoms with Gasteiger partial charge < -0.3 is 19.4 Å². The third-order valence-corrected chi connectivity index (χ3v) is 4.97. The van der Waals surface area contributed by atoms with Gasteiger partial charge in [0.1, 0.15) is 11.3 Å². The zero-order valence-electron chi connectivity index (χ0n) is 17.8. The van der Waals surface area contributed by atoms with Crippen LogP contribution in [-0.4, -0.2) is 38.6 Å². The molecule has 0 aliphatic carbocycles. The molecular weight excluding hydrogens is 404 g/mol. The van der Waals surface area contributed by atoms with Gasteiger partial charge in [0, 0.05) is 18.2 Å². The van der Waals surface area contributed by atoms with Crippen LogP contribution < -0.4 is 15.5 Å². The average Bonchev–Trinajstić information content (AvgIpc) is 2.67. The molecule has 2 aromatic carbocycles. The molecule has 1 amide bonds. The number of nitrogens with one attached hydrogen (secondary N) is 1. The number of rotatable bonds is 6. The van der Waals surface area contributed by atoms with Gasteiger partial charge in [-0.2, -0.15) is 0 Å². The summed E-state index contributed by atoms with van der Waals surface area (Å²) < 4.78 is 11.2. The smallest absolute Gasteiger partial charge is 0.287 e. The molecule has 0 aliphatic rings. The molecule has 0 bridgehead atoms. The highest BCUT2D eigenvalue weighted by molar-refractivity contribution is 5.93. The van der Waals surface area contributed by atoms with Crippen LogP contribution in [0.25, 0.3) is 11.0 Å². The molecule has 0 spiro atoms. The first kappa shape index (κ1) is 23.4. The fourth-order valence-electron chi connectivity index (χ4n) is 3.56. The van der Waals surface area contributed by atoms with Gasteiger partial charge >= 0.3 is 0 Å². The Balaban J connectivity index is 0.00000320. The first-order valence-electron chi connectivity index (χ1n) is 9.44. The molecule has 0 saturated carbocycles. The van der Waals surface area contributed by atoms with Crippen LogP contribution in [-0.2, 0) is 0 Å². The summed E-state index contributed by atoms with van der Waals surface area (Å²) in [6.45, 7) is 4.12. The standard InChI is InChI=1S/C23H26N2O4.ClH/c1-14-10-15(2)22-18(26)12-21(29-20(22)11-14)23(27)24-13-17(25(3)4)16-8-6-7-9-19(16)28-5;/h6-12,17H,13H2,1-5H3,(H,24,27);1H. The highest BCUT2D eigenvalue weighted by Gasteiger charge is 2.21. The molecule has 0 fully saturated rings. The summed E-state index contributed by atoms with van der Waals surface area (Å²) in [4.78, 5) is 27.3. The fourth-order valence-corrected chi connectivity index (χ4v) is 3.56. The third-order valence-electron chi connectivity index (χ3n) is 4.97. The minimum Gasteiger partial charge on any atom is -0.496 e. The Bertz CT molecular complexity index is 1110. The van der Waals surface area contributed by atoms with Crippen LogP contribution in [0.3, 0.4) is 0 Å². The van der Waals surface area contributed by atoms with Gasteiger partial charge in [-0.1, -0.05) is 24.3 Å². The molecule has 1 atom stereocenters. The monoisotopic (exact) mass is 430 g/mol. The lowest BCUT2D eigenvalue weighted by Gasteiger charge is -2.26. The van der Waals surface area contributed by atoms with Crippen LogP contribution in [0.2, 0.25) is 0 Å². The lowest BCUT2D eigenvalue weighted by atomic mass is 10.0. The maximum Gasteiger partial charge on any atom is 0.287 e. The Labute approximate surface area is 182 Å². The fraction of sp³-hybridized carbons (Fsp3) is 0.304. The zero-order valence-corrected chi connectivity index (χ0v) is 18.6. The molecule has 6 nitrogen and oxygen atoms in total. The predicted molar refractivity (Wildman–Crippen MR) is 121 cm³/mol. The van der Waals surface area contributed by atoms with Gasteiger partial charge in [0.2, 0.25) is 0 Å². The van der Waals surface area contributed by atoms with Crippen molar-refractivity contribution in [1.82, 2.24) is 10.2 Å². The number of ether oxygens (including phenoxy) is 1. The van der Waals surface area contributed by atoms with E-state index in [-0.39, 0.29) is 29.6 Å². The Morgan fingerprint density at radius 1 is 1.17 bits per heavy atom. The number of para-hydroxylation sites is 1. The molecule has 7 heteroatoms. The summed E-state index contributed by atoms with van der Waals surface area (Å²) in [5, 5.41) is 3.39. The SMILES string of the molecule is COc1ccccc1C(CNC(=O)c1cc(=O)c2c(C)cc(C)cc2o1)N(C)C.Cl. The number of fused-ring (bicyclic) bond motifs is 1. The Hall–Kier alpha value is -2.83. The quantitative estimate of drug-likeness (QED) is 0.642. The van der Waals surface area contributed by atoms with E-state index in [0.717, 1.165) is 22.4 Å². The lowest BCUT2D eigenvalue weighted by Crippen LogP contribution is -2.35. The van der Waals surface area contributed by atoms with Gasteiger partial charge in [0.25, 0.3) is 5.91 Å². The van der Waals surface area contributed by atoms with Crippen molar-refractivity contribution in [3.63, 3.8) is 0 Å². The topological polar surface area (TPSA) is 71.8 Å². The molecular formula is C23H27ClN2O4. The molecule has 0 saturated heterocycles. The number of amides is 1. The van der Waals surface area contributed by atoms with Gasteiger partial charge in [0.05, 0.1) is 18.5 Å². The summed E-state index contributed by atoms with van der Waals surface area (Å²) >= 11 is 0. The maximum atomic E-state index is 12.7. The van der Waals surface area contributed by atoms with Crippen molar-refractivity contribution in [3.8, 4) is 5.75 Å². The number of hydrogen-bond acceptors (Lipinski definition) is 5. The molecule has 0 aliphatic heterocycles. The van der Waals surface area contributed by atoms with E-state index in [2.05, 4.69) is 5.32 Å². The molecule has 3 aromatic rings. The highest BCUT2D eigenvalue weighted by Crippen LogP contribution is 2.27.